The van der Waals surface area contributed by atoms with E-state index in [1.807, 2.05) is 36.4 Å². The predicted molar refractivity (Wildman–Crippen MR) is 92.2 cm³/mol. The number of carbonyl (C=O) groups is 1. The van der Waals surface area contributed by atoms with Crippen molar-refractivity contribution in [2.75, 3.05) is 0 Å². The van der Waals surface area contributed by atoms with E-state index in [0.29, 0.717) is 5.56 Å². The zero-order chi connectivity index (χ0) is 19.7. The molecular weight excluding hydrogens is 375 g/mol. The molecule has 0 amide bonds. The van der Waals surface area contributed by atoms with E-state index < -0.39 is 18.0 Å². The van der Waals surface area contributed by atoms with E-state index in [4.69, 9.17) is 4.42 Å². The van der Waals surface area contributed by atoms with Gasteiger partial charge < -0.3 is 9.15 Å². The molecule has 9 heteroatoms. The molecule has 0 aliphatic carbocycles. The standard InChI is InChI=1S/C19H10F3N3O3/c20-19(21,22)18(26)28-15-14(9-4-10-23-15)17-25-24-16(27-17)13-8-3-6-11-5-1-2-7-12(11)13/h1-10H. The number of ether oxygens (including phenoxy) is 1. The molecule has 0 radical (unpaired) electrons. The van der Waals surface area contributed by atoms with E-state index in [2.05, 4.69) is 19.9 Å². The van der Waals surface area contributed by atoms with Crippen molar-refractivity contribution in [2.45, 2.75) is 6.18 Å². The van der Waals surface area contributed by atoms with E-state index in [1.165, 1.54) is 18.3 Å². The van der Waals surface area contributed by atoms with Crippen LogP contribution in [0.25, 0.3) is 33.7 Å². The number of rotatable bonds is 3. The van der Waals surface area contributed by atoms with Gasteiger partial charge in [0.1, 0.15) is 5.56 Å². The zero-order valence-corrected chi connectivity index (χ0v) is 14.0. The first kappa shape index (κ1) is 17.7. The van der Waals surface area contributed by atoms with Crippen LogP contribution in [0.5, 0.6) is 5.88 Å². The number of benzene rings is 2. The Hall–Kier alpha value is -3.75. The highest BCUT2D eigenvalue weighted by Crippen LogP contribution is 2.33. The number of alkyl halides is 3. The molecule has 4 aromatic rings. The molecule has 0 aliphatic rings. The van der Waals surface area contributed by atoms with Gasteiger partial charge in [0.15, 0.2) is 0 Å². The summed E-state index contributed by atoms with van der Waals surface area (Å²) in [5, 5.41) is 9.68. The van der Waals surface area contributed by atoms with Crippen LogP contribution in [0.3, 0.4) is 0 Å². The average molecular weight is 385 g/mol. The highest BCUT2D eigenvalue weighted by atomic mass is 19.4. The van der Waals surface area contributed by atoms with Gasteiger partial charge in [0, 0.05) is 11.8 Å². The smallest absolute Gasteiger partial charge is 0.416 e. The fourth-order valence-corrected chi connectivity index (χ4v) is 2.63. The van der Waals surface area contributed by atoms with Crippen molar-refractivity contribution in [2.24, 2.45) is 0 Å². The first-order valence-corrected chi connectivity index (χ1v) is 7.99. The molecule has 6 nitrogen and oxygen atoms in total. The second-order valence-corrected chi connectivity index (χ2v) is 5.68. The normalized spacial score (nSPS) is 11.5. The summed E-state index contributed by atoms with van der Waals surface area (Å²) in [6.45, 7) is 0. The molecule has 0 fully saturated rings. The molecule has 0 saturated carbocycles. The van der Waals surface area contributed by atoms with Crippen LogP contribution in [0.4, 0.5) is 13.2 Å². The Morgan fingerprint density at radius 1 is 0.893 bits per heavy atom. The lowest BCUT2D eigenvalue weighted by Crippen LogP contribution is -2.28. The van der Waals surface area contributed by atoms with E-state index >= 15 is 0 Å². The van der Waals surface area contributed by atoms with E-state index in [9.17, 15) is 18.0 Å². The van der Waals surface area contributed by atoms with Gasteiger partial charge in [-0.15, -0.1) is 10.2 Å². The molecule has 2 aromatic carbocycles. The Morgan fingerprint density at radius 2 is 1.57 bits per heavy atom. The summed E-state index contributed by atoms with van der Waals surface area (Å²) in [5.74, 6) is -2.91. The summed E-state index contributed by atoms with van der Waals surface area (Å²) in [5.41, 5.74) is 0.633. The molecule has 0 bridgehead atoms. The number of pyridine rings is 1. The maximum absolute atomic E-state index is 12.5. The SMILES string of the molecule is O=C(Oc1ncccc1-c1nnc(-c2cccc3ccccc23)o1)C(F)(F)F. The van der Waals surface area contributed by atoms with Crippen LogP contribution in [0.2, 0.25) is 0 Å². The summed E-state index contributed by atoms with van der Waals surface area (Å²) >= 11 is 0. The van der Waals surface area contributed by atoms with Crippen molar-refractivity contribution in [3.63, 3.8) is 0 Å². The number of esters is 1. The van der Waals surface area contributed by atoms with Crippen molar-refractivity contribution in [1.82, 2.24) is 15.2 Å². The van der Waals surface area contributed by atoms with Crippen LogP contribution in [0, 0.1) is 0 Å². The van der Waals surface area contributed by atoms with Gasteiger partial charge >= 0.3 is 12.1 Å². The fraction of sp³-hybridized carbons (Fsp3) is 0.0526. The molecule has 28 heavy (non-hydrogen) atoms. The highest BCUT2D eigenvalue weighted by molar-refractivity contribution is 5.94. The molecular formula is C19H10F3N3O3. The Labute approximate surface area is 155 Å². The number of halogens is 3. The Kier molecular flexibility index (Phi) is 4.26. The number of hydrogen-bond acceptors (Lipinski definition) is 6. The Morgan fingerprint density at radius 3 is 2.36 bits per heavy atom. The zero-order valence-electron chi connectivity index (χ0n) is 14.0. The minimum absolute atomic E-state index is 0.0286. The number of carbonyl (C=O) groups excluding carboxylic acids is 1. The van der Waals surface area contributed by atoms with Crippen LogP contribution >= 0.6 is 0 Å². The topological polar surface area (TPSA) is 78.1 Å². The van der Waals surface area contributed by atoms with Crippen molar-refractivity contribution < 1.29 is 27.1 Å². The lowest BCUT2D eigenvalue weighted by molar-refractivity contribution is -0.189. The summed E-state index contributed by atoms with van der Waals surface area (Å²) < 4.78 is 47.5. The lowest BCUT2D eigenvalue weighted by atomic mass is 10.0. The van der Waals surface area contributed by atoms with Gasteiger partial charge in [0.2, 0.25) is 11.8 Å². The molecule has 0 aliphatic heterocycles. The molecule has 2 heterocycles. The summed E-state index contributed by atoms with van der Waals surface area (Å²) in [6.07, 6.45) is -3.97. The molecule has 0 unspecified atom stereocenters. The molecule has 0 spiro atoms. The van der Waals surface area contributed by atoms with Gasteiger partial charge in [-0.2, -0.15) is 13.2 Å². The van der Waals surface area contributed by atoms with Crippen LogP contribution in [0.1, 0.15) is 0 Å². The molecule has 0 atom stereocenters. The molecule has 4 rings (SSSR count). The van der Waals surface area contributed by atoms with Crippen molar-refractivity contribution >= 4 is 16.7 Å². The molecule has 0 saturated heterocycles. The quantitative estimate of drug-likeness (QED) is 0.486. The van der Waals surface area contributed by atoms with Crippen molar-refractivity contribution in [3.05, 3.63) is 60.8 Å². The second-order valence-electron chi connectivity index (χ2n) is 5.68. The second kappa shape index (κ2) is 6.76. The van der Waals surface area contributed by atoms with Gasteiger partial charge in [-0.25, -0.2) is 9.78 Å². The van der Waals surface area contributed by atoms with Crippen molar-refractivity contribution in [1.29, 1.82) is 0 Å². The van der Waals surface area contributed by atoms with Crippen LogP contribution in [-0.2, 0) is 4.79 Å². The summed E-state index contributed by atoms with van der Waals surface area (Å²) in [6, 6.07) is 15.9. The maximum Gasteiger partial charge on any atom is 0.491 e. The number of hydrogen-bond donors (Lipinski definition) is 0. The van der Waals surface area contributed by atoms with Crippen LogP contribution in [-0.4, -0.2) is 27.3 Å². The predicted octanol–water partition coefficient (Wildman–Crippen LogP) is 4.42. The van der Waals surface area contributed by atoms with Gasteiger partial charge in [-0.05, 0) is 29.0 Å². The third-order valence-electron chi connectivity index (χ3n) is 3.87. The monoisotopic (exact) mass is 385 g/mol. The van der Waals surface area contributed by atoms with E-state index in [1.54, 1.807) is 6.07 Å². The van der Waals surface area contributed by atoms with Gasteiger partial charge in [-0.1, -0.05) is 36.4 Å². The van der Waals surface area contributed by atoms with E-state index in [-0.39, 0.29) is 17.3 Å². The average Bonchev–Trinajstić information content (AvgIpc) is 3.17. The van der Waals surface area contributed by atoms with Crippen LogP contribution in [0.15, 0.2) is 65.2 Å². The maximum atomic E-state index is 12.5. The molecule has 140 valence electrons. The molecule has 2 aromatic heterocycles. The minimum atomic E-state index is -5.16. The third kappa shape index (κ3) is 3.29. The highest BCUT2D eigenvalue weighted by Gasteiger charge is 2.42. The van der Waals surface area contributed by atoms with Gasteiger partial charge in [-0.3, -0.25) is 0 Å². The summed E-state index contributed by atoms with van der Waals surface area (Å²) in [7, 11) is 0. The first-order valence-electron chi connectivity index (χ1n) is 7.99. The van der Waals surface area contributed by atoms with Crippen LogP contribution < -0.4 is 4.74 Å². The van der Waals surface area contributed by atoms with E-state index in [0.717, 1.165) is 10.8 Å². The Bertz CT molecular complexity index is 1170. The minimum Gasteiger partial charge on any atom is -0.416 e. The number of fused-ring (bicyclic) bond motifs is 1. The lowest BCUT2D eigenvalue weighted by Gasteiger charge is -2.07. The van der Waals surface area contributed by atoms with Crippen molar-refractivity contribution in [3.8, 4) is 28.8 Å². The fourth-order valence-electron chi connectivity index (χ4n) is 2.63. The third-order valence-corrected chi connectivity index (χ3v) is 3.87. The summed E-state index contributed by atoms with van der Waals surface area (Å²) in [4.78, 5) is 14.8. The van der Waals surface area contributed by atoms with Gasteiger partial charge in [0.05, 0.1) is 0 Å². The Balaban J connectivity index is 1.74. The largest absolute Gasteiger partial charge is 0.491 e. The molecule has 0 N–H and O–H groups in total. The number of aromatic nitrogens is 3. The first-order chi connectivity index (χ1) is 13.4. The number of nitrogens with zero attached hydrogens (tertiary/aromatic N) is 3. The van der Waals surface area contributed by atoms with Gasteiger partial charge in [0.25, 0.3) is 5.89 Å².